The zero-order valence-electron chi connectivity index (χ0n) is 17.8. The van der Waals surface area contributed by atoms with Gasteiger partial charge in [0.25, 0.3) is 0 Å². The Morgan fingerprint density at radius 3 is 2.74 bits per heavy atom. The van der Waals surface area contributed by atoms with Gasteiger partial charge in [0.2, 0.25) is 0 Å². The second-order valence-corrected chi connectivity index (χ2v) is 8.71. The van der Waals surface area contributed by atoms with Crippen molar-refractivity contribution >= 4 is 28.9 Å². The van der Waals surface area contributed by atoms with E-state index < -0.39 is 0 Å². The fourth-order valence-corrected chi connectivity index (χ4v) is 5.22. The van der Waals surface area contributed by atoms with E-state index in [1.165, 1.54) is 11.8 Å². The topological polar surface area (TPSA) is 74.8 Å². The minimum absolute atomic E-state index is 0.0606. The number of aryl methyl sites for hydroxylation is 1. The van der Waals surface area contributed by atoms with Gasteiger partial charge in [0.1, 0.15) is 5.75 Å². The van der Waals surface area contributed by atoms with E-state index in [1.54, 1.807) is 24.6 Å². The summed E-state index contributed by atoms with van der Waals surface area (Å²) in [6.07, 6.45) is 1.77. The molecule has 1 aromatic carbocycles. The average Bonchev–Trinajstić information content (AvgIpc) is 3.51. The number of thioether (sulfide) groups is 1. The summed E-state index contributed by atoms with van der Waals surface area (Å²) >= 11 is 2.95. The highest BCUT2D eigenvalue weighted by Gasteiger charge is 2.21. The number of rotatable bonds is 8. The molecule has 3 aromatic heterocycles. The number of aromatic nitrogens is 5. The highest BCUT2D eigenvalue weighted by atomic mass is 32.2. The quantitative estimate of drug-likeness (QED) is 0.281. The van der Waals surface area contributed by atoms with Gasteiger partial charge in [0.05, 0.1) is 18.4 Å². The van der Waals surface area contributed by atoms with Crippen LogP contribution in [0.4, 0.5) is 0 Å². The minimum atomic E-state index is 0.0606. The Balaban J connectivity index is 1.56. The first-order valence-electron chi connectivity index (χ1n) is 9.86. The fourth-order valence-electron chi connectivity index (χ4n) is 3.58. The standard InChI is InChI=1S/C22H23N5O2S2/c1-5-26-20(16-8-6-7-9-19(16)29-4)24-25-22(26)31-13-18(28)17-12-14(2)27(15(17)3)21-23-10-11-30-21/h6-12H,5,13H2,1-4H3. The summed E-state index contributed by atoms with van der Waals surface area (Å²) in [6, 6.07) is 9.66. The van der Waals surface area contributed by atoms with Gasteiger partial charge in [-0.15, -0.1) is 21.5 Å². The molecule has 0 unspecified atom stereocenters. The lowest BCUT2D eigenvalue weighted by molar-refractivity contribution is 0.102. The molecule has 0 N–H and O–H groups in total. The van der Waals surface area contributed by atoms with Crippen LogP contribution in [0.3, 0.4) is 0 Å². The van der Waals surface area contributed by atoms with Crippen LogP contribution in [0.25, 0.3) is 16.5 Å². The van der Waals surface area contributed by atoms with Gasteiger partial charge in [0.15, 0.2) is 21.9 Å². The molecule has 31 heavy (non-hydrogen) atoms. The molecule has 0 aliphatic heterocycles. The van der Waals surface area contributed by atoms with E-state index in [2.05, 4.69) is 15.2 Å². The van der Waals surface area contributed by atoms with Crippen LogP contribution in [0.5, 0.6) is 5.75 Å². The second-order valence-electron chi connectivity index (χ2n) is 6.90. The van der Waals surface area contributed by atoms with Crippen molar-refractivity contribution in [3.05, 3.63) is 58.9 Å². The molecule has 0 aliphatic carbocycles. The Morgan fingerprint density at radius 2 is 2.03 bits per heavy atom. The minimum Gasteiger partial charge on any atom is -0.496 e. The number of methoxy groups -OCH3 is 1. The van der Waals surface area contributed by atoms with Crippen molar-refractivity contribution in [2.45, 2.75) is 32.5 Å². The first-order valence-corrected chi connectivity index (χ1v) is 11.7. The summed E-state index contributed by atoms with van der Waals surface area (Å²) in [5, 5.41) is 12.2. The highest BCUT2D eigenvalue weighted by Crippen LogP contribution is 2.31. The maximum Gasteiger partial charge on any atom is 0.193 e. The molecule has 0 saturated carbocycles. The Kier molecular flexibility index (Phi) is 6.24. The van der Waals surface area contributed by atoms with Gasteiger partial charge in [-0.25, -0.2) is 4.98 Å². The van der Waals surface area contributed by atoms with E-state index >= 15 is 0 Å². The van der Waals surface area contributed by atoms with Gasteiger partial charge in [0, 0.05) is 35.1 Å². The predicted molar refractivity (Wildman–Crippen MR) is 124 cm³/mol. The van der Waals surface area contributed by atoms with Crippen LogP contribution in [0.2, 0.25) is 0 Å². The van der Waals surface area contributed by atoms with Crippen LogP contribution >= 0.6 is 23.1 Å². The number of carbonyl (C=O) groups excluding carboxylic acids is 1. The number of benzene rings is 1. The van der Waals surface area contributed by atoms with Gasteiger partial charge < -0.3 is 9.30 Å². The summed E-state index contributed by atoms with van der Waals surface area (Å²) in [5.41, 5.74) is 3.50. The summed E-state index contributed by atoms with van der Waals surface area (Å²) in [4.78, 5) is 17.4. The molecule has 3 heterocycles. The molecule has 0 atom stereocenters. The smallest absolute Gasteiger partial charge is 0.193 e. The van der Waals surface area contributed by atoms with Crippen molar-refractivity contribution in [3.8, 4) is 22.3 Å². The van der Waals surface area contributed by atoms with E-state index in [0.717, 1.165) is 33.7 Å². The van der Waals surface area contributed by atoms with Crippen molar-refractivity contribution < 1.29 is 9.53 Å². The second kappa shape index (κ2) is 9.07. The molecule has 4 aromatic rings. The van der Waals surface area contributed by atoms with Gasteiger partial charge in [-0.3, -0.25) is 9.36 Å². The van der Waals surface area contributed by atoms with Crippen molar-refractivity contribution in [2.24, 2.45) is 0 Å². The third kappa shape index (κ3) is 4.03. The maximum atomic E-state index is 13.0. The molecule has 0 saturated heterocycles. The lowest BCUT2D eigenvalue weighted by Crippen LogP contribution is -2.07. The van der Waals surface area contributed by atoms with Gasteiger partial charge in [-0.2, -0.15) is 0 Å². The van der Waals surface area contributed by atoms with Crippen LogP contribution in [0.1, 0.15) is 28.7 Å². The zero-order valence-corrected chi connectivity index (χ0v) is 19.5. The fraction of sp³-hybridized carbons (Fsp3) is 0.273. The first kappa shape index (κ1) is 21.3. The van der Waals surface area contributed by atoms with Gasteiger partial charge >= 0.3 is 0 Å². The lowest BCUT2D eigenvalue weighted by Gasteiger charge is -2.10. The number of thiazole rings is 1. The first-order chi connectivity index (χ1) is 15.0. The molecular weight excluding hydrogens is 430 g/mol. The highest BCUT2D eigenvalue weighted by molar-refractivity contribution is 7.99. The number of hydrogen-bond acceptors (Lipinski definition) is 7. The van der Waals surface area contributed by atoms with Crippen LogP contribution in [-0.4, -0.2) is 43.0 Å². The third-order valence-electron chi connectivity index (χ3n) is 5.06. The zero-order chi connectivity index (χ0) is 22.0. The van der Waals surface area contributed by atoms with E-state index in [0.29, 0.717) is 17.3 Å². The number of nitrogens with zero attached hydrogens (tertiary/aromatic N) is 5. The number of hydrogen-bond donors (Lipinski definition) is 0. The summed E-state index contributed by atoms with van der Waals surface area (Å²) in [6.45, 7) is 6.68. The van der Waals surface area contributed by atoms with E-state index in [-0.39, 0.29) is 11.5 Å². The third-order valence-corrected chi connectivity index (χ3v) is 6.78. The molecule has 0 aliphatic rings. The molecule has 0 fully saturated rings. The van der Waals surface area contributed by atoms with Crippen LogP contribution in [-0.2, 0) is 6.54 Å². The number of Topliss-reactive ketones (excluding diaryl/α,β-unsaturated/α-hetero) is 1. The van der Waals surface area contributed by atoms with Gasteiger partial charge in [-0.05, 0) is 39.0 Å². The number of ketones is 1. The van der Waals surface area contributed by atoms with Crippen LogP contribution < -0.4 is 4.74 Å². The van der Waals surface area contributed by atoms with Gasteiger partial charge in [-0.1, -0.05) is 23.9 Å². The molecule has 9 heteroatoms. The molecule has 7 nitrogen and oxygen atoms in total. The van der Waals surface area contributed by atoms with Crippen LogP contribution in [0.15, 0.2) is 47.1 Å². The molecule has 160 valence electrons. The summed E-state index contributed by atoms with van der Waals surface area (Å²) in [7, 11) is 1.64. The summed E-state index contributed by atoms with van der Waals surface area (Å²) in [5.74, 6) is 1.82. The lowest BCUT2D eigenvalue weighted by atomic mass is 10.2. The number of carbonyl (C=O) groups is 1. The van der Waals surface area contributed by atoms with E-state index in [1.807, 2.05) is 65.6 Å². The van der Waals surface area contributed by atoms with Crippen molar-refractivity contribution in [1.82, 2.24) is 24.3 Å². The van der Waals surface area contributed by atoms with E-state index in [9.17, 15) is 4.79 Å². The van der Waals surface area contributed by atoms with Crippen molar-refractivity contribution in [1.29, 1.82) is 0 Å². The molecule has 0 spiro atoms. The number of ether oxygens (including phenoxy) is 1. The monoisotopic (exact) mass is 453 g/mol. The largest absolute Gasteiger partial charge is 0.496 e. The predicted octanol–water partition coefficient (Wildman–Crippen LogP) is 4.81. The molecule has 0 amide bonds. The molecule has 4 rings (SSSR count). The Labute approximate surface area is 189 Å². The van der Waals surface area contributed by atoms with Crippen LogP contribution in [0, 0.1) is 13.8 Å². The summed E-state index contributed by atoms with van der Waals surface area (Å²) < 4.78 is 9.51. The normalized spacial score (nSPS) is 11.1. The molecular formula is C22H23N5O2S2. The van der Waals surface area contributed by atoms with Crippen molar-refractivity contribution in [2.75, 3.05) is 12.9 Å². The SMILES string of the molecule is CCn1c(SCC(=O)c2cc(C)n(-c3nccs3)c2C)nnc1-c1ccccc1OC. The number of para-hydroxylation sites is 1. The Bertz CT molecular complexity index is 1210. The van der Waals surface area contributed by atoms with Crippen molar-refractivity contribution in [3.63, 3.8) is 0 Å². The Morgan fingerprint density at radius 1 is 1.23 bits per heavy atom. The molecule has 0 radical (unpaired) electrons. The molecule has 0 bridgehead atoms. The van der Waals surface area contributed by atoms with E-state index in [4.69, 9.17) is 4.74 Å². The maximum absolute atomic E-state index is 13.0. The Hall–Kier alpha value is -2.91. The average molecular weight is 454 g/mol.